The highest BCUT2D eigenvalue weighted by Gasteiger charge is 2.20. The summed E-state index contributed by atoms with van der Waals surface area (Å²) in [5.41, 5.74) is 3.44. The van der Waals surface area contributed by atoms with Crippen molar-refractivity contribution in [3.8, 4) is 0 Å². The van der Waals surface area contributed by atoms with Gasteiger partial charge in [-0.25, -0.2) is 4.99 Å². The number of amides is 1. The van der Waals surface area contributed by atoms with E-state index >= 15 is 0 Å². The van der Waals surface area contributed by atoms with E-state index in [0.29, 0.717) is 32.0 Å². The number of guanidine groups is 1. The van der Waals surface area contributed by atoms with Crippen LogP contribution in [0.2, 0.25) is 0 Å². The number of aliphatic imine (C=N–C) groups is 1. The zero-order valence-corrected chi connectivity index (χ0v) is 17.0. The van der Waals surface area contributed by atoms with E-state index in [1.807, 2.05) is 54.3 Å². The van der Waals surface area contributed by atoms with Crippen molar-refractivity contribution in [2.45, 2.75) is 32.4 Å². The van der Waals surface area contributed by atoms with Crippen LogP contribution in [0.4, 0.5) is 0 Å². The minimum atomic E-state index is -0.526. The lowest BCUT2D eigenvalue weighted by atomic mass is 10.00. The number of carbonyl (C=O) groups is 1. The van der Waals surface area contributed by atoms with E-state index < -0.39 is 6.10 Å². The van der Waals surface area contributed by atoms with Crippen molar-refractivity contribution in [2.75, 3.05) is 26.2 Å². The molecule has 0 spiro atoms. The van der Waals surface area contributed by atoms with Crippen molar-refractivity contribution in [3.63, 3.8) is 0 Å². The first kappa shape index (κ1) is 20.9. The third-order valence-electron chi connectivity index (χ3n) is 5.09. The van der Waals surface area contributed by atoms with Gasteiger partial charge in [0.05, 0.1) is 6.10 Å². The summed E-state index contributed by atoms with van der Waals surface area (Å²) in [5, 5.41) is 16.6. The van der Waals surface area contributed by atoms with E-state index in [0.717, 1.165) is 18.5 Å². The molecule has 1 atom stereocenters. The number of rotatable bonds is 7. The molecule has 3 N–H and O–H groups in total. The van der Waals surface area contributed by atoms with Gasteiger partial charge in [0, 0.05) is 26.2 Å². The van der Waals surface area contributed by atoms with Crippen molar-refractivity contribution < 1.29 is 9.90 Å². The van der Waals surface area contributed by atoms with Crippen molar-refractivity contribution in [3.05, 3.63) is 71.3 Å². The summed E-state index contributed by atoms with van der Waals surface area (Å²) in [6.07, 6.45) is 0.925. The summed E-state index contributed by atoms with van der Waals surface area (Å²) in [6.45, 7) is 4.75. The number of aliphatic hydroxyl groups is 1. The second-order valence-electron chi connectivity index (χ2n) is 7.17. The predicted molar refractivity (Wildman–Crippen MR) is 116 cm³/mol. The highest BCUT2D eigenvalue weighted by Crippen LogP contribution is 2.18. The molecule has 0 saturated heterocycles. The Hall–Kier alpha value is -2.86. The standard InChI is InChI=1S/C23H30N4O2/c1-2-24-23(25-14-12-21(28)19-9-4-3-5-10-19)26-16-22(29)27-15-13-18-8-6-7-11-20(18)17-27/h3-11,21,28H,2,12-17H2,1H3,(H2,24,25,26). The van der Waals surface area contributed by atoms with Crippen molar-refractivity contribution in [2.24, 2.45) is 4.99 Å². The second kappa shape index (κ2) is 10.6. The SMILES string of the molecule is CCNC(=NCC(=O)N1CCc2ccccc2C1)NCCC(O)c1ccccc1. The van der Waals surface area contributed by atoms with Crippen molar-refractivity contribution >= 4 is 11.9 Å². The molecule has 1 unspecified atom stereocenters. The van der Waals surface area contributed by atoms with Gasteiger partial charge >= 0.3 is 0 Å². The Morgan fingerprint density at radius 3 is 2.59 bits per heavy atom. The minimum Gasteiger partial charge on any atom is -0.388 e. The maximum Gasteiger partial charge on any atom is 0.244 e. The molecule has 6 nitrogen and oxygen atoms in total. The Morgan fingerprint density at radius 2 is 1.83 bits per heavy atom. The van der Waals surface area contributed by atoms with Crippen LogP contribution in [0, 0.1) is 0 Å². The molecule has 0 fully saturated rings. The second-order valence-corrected chi connectivity index (χ2v) is 7.17. The molecule has 2 aromatic carbocycles. The van der Waals surface area contributed by atoms with Crippen LogP contribution in [0.15, 0.2) is 59.6 Å². The Labute approximate surface area is 172 Å². The molecule has 2 aromatic rings. The zero-order valence-electron chi connectivity index (χ0n) is 17.0. The van der Waals surface area contributed by atoms with E-state index in [-0.39, 0.29) is 12.5 Å². The summed E-state index contributed by atoms with van der Waals surface area (Å²) >= 11 is 0. The van der Waals surface area contributed by atoms with Gasteiger partial charge in [-0.1, -0.05) is 54.6 Å². The van der Waals surface area contributed by atoms with E-state index in [4.69, 9.17) is 0 Å². The average Bonchev–Trinajstić information content (AvgIpc) is 2.77. The molecular formula is C23H30N4O2. The zero-order chi connectivity index (χ0) is 20.5. The summed E-state index contributed by atoms with van der Waals surface area (Å²) < 4.78 is 0. The first-order valence-electron chi connectivity index (χ1n) is 10.3. The van der Waals surface area contributed by atoms with Gasteiger partial charge in [0.25, 0.3) is 0 Å². The fourth-order valence-electron chi connectivity index (χ4n) is 3.47. The van der Waals surface area contributed by atoms with Gasteiger partial charge in [-0.05, 0) is 36.5 Å². The molecule has 0 radical (unpaired) electrons. The maximum atomic E-state index is 12.6. The van der Waals surface area contributed by atoms with Crippen molar-refractivity contribution in [1.29, 1.82) is 0 Å². The third-order valence-corrected chi connectivity index (χ3v) is 5.09. The summed E-state index contributed by atoms with van der Waals surface area (Å²) in [4.78, 5) is 18.9. The lowest BCUT2D eigenvalue weighted by molar-refractivity contribution is -0.130. The average molecular weight is 395 g/mol. The van der Waals surface area contributed by atoms with Gasteiger partial charge in [0.1, 0.15) is 6.54 Å². The highest BCUT2D eigenvalue weighted by atomic mass is 16.3. The first-order valence-corrected chi connectivity index (χ1v) is 10.3. The van der Waals surface area contributed by atoms with E-state index in [9.17, 15) is 9.90 Å². The van der Waals surface area contributed by atoms with Crippen molar-refractivity contribution in [1.82, 2.24) is 15.5 Å². The van der Waals surface area contributed by atoms with Gasteiger partial charge < -0.3 is 20.6 Å². The number of hydrogen-bond donors (Lipinski definition) is 3. The van der Waals surface area contributed by atoms with E-state index in [1.165, 1.54) is 11.1 Å². The van der Waals surface area contributed by atoms with Gasteiger partial charge in [-0.3, -0.25) is 4.79 Å². The molecule has 0 bridgehead atoms. The van der Waals surface area contributed by atoms with Crippen LogP contribution < -0.4 is 10.6 Å². The number of aliphatic hydroxyl groups excluding tert-OH is 1. The molecule has 0 aliphatic carbocycles. The van der Waals surface area contributed by atoms with Crippen LogP contribution in [0.5, 0.6) is 0 Å². The molecular weight excluding hydrogens is 364 g/mol. The fourth-order valence-corrected chi connectivity index (χ4v) is 3.47. The lowest BCUT2D eigenvalue weighted by Crippen LogP contribution is -2.41. The minimum absolute atomic E-state index is 0.0287. The first-order chi connectivity index (χ1) is 14.2. The van der Waals surface area contributed by atoms with Crippen LogP contribution in [0.3, 0.4) is 0 Å². The van der Waals surface area contributed by atoms with E-state index in [2.05, 4.69) is 27.8 Å². The fraction of sp³-hybridized carbons (Fsp3) is 0.391. The predicted octanol–water partition coefficient (Wildman–Crippen LogP) is 2.25. The molecule has 29 heavy (non-hydrogen) atoms. The number of nitrogens with zero attached hydrogens (tertiary/aromatic N) is 2. The molecule has 154 valence electrons. The van der Waals surface area contributed by atoms with Crippen LogP contribution in [0.1, 0.15) is 36.1 Å². The molecule has 1 amide bonds. The van der Waals surface area contributed by atoms with Gasteiger partial charge in [0.15, 0.2) is 5.96 Å². The molecule has 0 aromatic heterocycles. The lowest BCUT2D eigenvalue weighted by Gasteiger charge is -2.28. The van der Waals surface area contributed by atoms with Crippen LogP contribution in [-0.2, 0) is 17.8 Å². The number of benzene rings is 2. The number of carbonyl (C=O) groups excluding carboxylic acids is 1. The Balaban J connectivity index is 1.49. The van der Waals surface area contributed by atoms with Gasteiger partial charge in [-0.15, -0.1) is 0 Å². The Morgan fingerprint density at radius 1 is 1.10 bits per heavy atom. The quantitative estimate of drug-likeness (QED) is 0.497. The number of nitrogens with one attached hydrogen (secondary N) is 2. The molecule has 1 aliphatic heterocycles. The molecule has 6 heteroatoms. The summed E-state index contributed by atoms with van der Waals surface area (Å²) in [6, 6.07) is 17.9. The largest absolute Gasteiger partial charge is 0.388 e. The molecule has 0 saturated carbocycles. The number of fused-ring (bicyclic) bond motifs is 1. The normalized spacial score (nSPS) is 14.8. The van der Waals surface area contributed by atoms with Crippen LogP contribution in [0.25, 0.3) is 0 Å². The molecule has 1 aliphatic rings. The van der Waals surface area contributed by atoms with Crippen LogP contribution >= 0.6 is 0 Å². The highest BCUT2D eigenvalue weighted by molar-refractivity contribution is 5.85. The maximum absolute atomic E-state index is 12.6. The van der Waals surface area contributed by atoms with Crippen LogP contribution in [-0.4, -0.2) is 48.1 Å². The third kappa shape index (κ3) is 6.06. The van der Waals surface area contributed by atoms with E-state index in [1.54, 1.807) is 0 Å². The Bertz CT molecular complexity index is 823. The summed E-state index contributed by atoms with van der Waals surface area (Å²) in [7, 11) is 0. The number of hydrogen-bond acceptors (Lipinski definition) is 3. The van der Waals surface area contributed by atoms with Gasteiger partial charge in [0.2, 0.25) is 5.91 Å². The molecule has 3 rings (SSSR count). The van der Waals surface area contributed by atoms with Gasteiger partial charge in [-0.2, -0.15) is 0 Å². The molecule has 1 heterocycles. The topological polar surface area (TPSA) is 77.0 Å². The monoisotopic (exact) mass is 394 g/mol. The smallest absolute Gasteiger partial charge is 0.244 e. The Kier molecular flexibility index (Phi) is 7.64. The summed E-state index contributed by atoms with van der Waals surface area (Å²) in [5.74, 6) is 0.625.